The van der Waals surface area contributed by atoms with Crippen LogP contribution in [-0.2, 0) is 0 Å². The van der Waals surface area contributed by atoms with Crippen molar-refractivity contribution in [3.05, 3.63) is 70.7 Å². The SMILES string of the molecule is Cc1cccc(C(=O)Nc2nc(-c3nnn(-c4ccc(F)cc4C)c3C)ns2)c1. The number of hydrogen-bond donors (Lipinski definition) is 1. The minimum absolute atomic E-state index is 0.251. The Morgan fingerprint density at radius 3 is 2.72 bits per heavy atom. The van der Waals surface area contributed by atoms with Gasteiger partial charge >= 0.3 is 0 Å². The first-order chi connectivity index (χ1) is 13.9. The fourth-order valence-corrected chi connectivity index (χ4v) is 3.51. The molecule has 0 atom stereocenters. The average Bonchev–Trinajstić information content (AvgIpc) is 3.28. The van der Waals surface area contributed by atoms with Gasteiger partial charge in [0.05, 0.1) is 11.4 Å². The van der Waals surface area contributed by atoms with Crippen molar-refractivity contribution in [1.29, 1.82) is 0 Å². The Labute approximate surface area is 170 Å². The highest BCUT2D eigenvalue weighted by atomic mass is 32.1. The number of amides is 1. The first-order valence-electron chi connectivity index (χ1n) is 8.83. The highest BCUT2D eigenvalue weighted by molar-refractivity contribution is 7.10. The van der Waals surface area contributed by atoms with E-state index < -0.39 is 0 Å². The Hall–Kier alpha value is -3.46. The van der Waals surface area contributed by atoms with E-state index in [9.17, 15) is 9.18 Å². The molecule has 2 aromatic heterocycles. The smallest absolute Gasteiger partial charge is 0.257 e. The van der Waals surface area contributed by atoms with E-state index in [1.807, 2.05) is 26.0 Å². The summed E-state index contributed by atoms with van der Waals surface area (Å²) in [5.74, 6) is -0.184. The highest BCUT2D eigenvalue weighted by Gasteiger charge is 2.18. The molecule has 0 saturated heterocycles. The summed E-state index contributed by atoms with van der Waals surface area (Å²) >= 11 is 1.07. The minimum Gasteiger partial charge on any atom is -0.297 e. The Balaban J connectivity index is 1.59. The third-order valence-electron chi connectivity index (χ3n) is 4.42. The molecule has 0 spiro atoms. The molecule has 146 valence electrons. The molecule has 1 amide bonds. The van der Waals surface area contributed by atoms with E-state index in [0.717, 1.165) is 28.3 Å². The van der Waals surface area contributed by atoms with Gasteiger partial charge in [0.1, 0.15) is 5.82 Å². The number of halogens is 1. The second-order valence-electron chi connectivity index (χ2n) is 6.61. The van der Waals surface area contributed by atoms with Crippen LogP contribution in [0.15, 0.2) is 42.5 Å². The van der Waals surface area contributed by atoms with E-state index in [4.69, 9.17) is 0 Å². The fourth-order valence-electron chi connectivity index (χ4n) is 2.95. The summed E-state index contributed by atoms with van der Waals surface area (Å²) in [7, 11) is 0. The topological polar surface area (TPSA) is 85.6 Å². The molecule has 0 radical (unpaired) electrons. The van der Waals surface area contributed by atoms with E-state index in [0.29, 0.717) is 27.9 Å². The number of rotatable bonds is 4. The molecule has 9 heteroatoms. The third-order valence-corrected chi connectivity index (χ3v) is 5.05. The summed E-state index contributed by atoms with van der Waals surface area (Å²) in [4.78, 5) is 16.8. The molecular formula is C20H17FN6OS. The van der Waals surface area contributed by atoms with Gasteiger partial charge in [0.15, 0.2) is 11.5 Å². The van der Waals surface area contributed by atoms with E-state index in [2.05, 4.69) is 25.0 Å². The van der Waals surface area contributed by atoms with Crippen LogP contribution in [-0.4, -0.2) is 30.3 Å². The van der Waals surface area contributed by atoms with Crippen LogP contribution in [0.1, 0.15) is 27.2 Å². The predicted molar refractivity (Wildman–Crippen MR) is 109 cm³/mol. The van der Waals surface area contributed by atoms with E-state index in [1.54, 1.807) is 29.8 Å². The van der Waals surface area contributed by atoms with Crippen molar-refractivity contribution in [2.24, 2.45) is 0 Å². The van der Waals surface area contributed by atoms with Gasteiger partial charge in [-0.15, -0.1) is 5.10 Å². The number of hydrogen-bond acceptors (Lipinski definition) is 6. The molecule has 0 aliphatic rings. The Morgan fingerprint density at radius 1 is 1.14 bits per heavy atom. The molecule has 1 N–H and O–H groups in total. The lowest BCUT2D eigenvalue weighted by Crippen LogP contribution is -2.11. The maximum Gasteiger partial charge on any atom is 0.257 e. The quantitative estimate of drug-likeness (QED) is 0.549. The van der Waals surface area contributed by atoms with Crippen LogP contribution in [0.4, 0.5) is 9.52 Å². The molecular weight excluding hydrogens is 391 g/mol. The van der Waals surface area contributed by atoms with Crippen LogP contribution in [0.2, 0.25) is 0 Å². The zero-order valence-corrected chi connectivity index (χ0v) is 16.8. The lowest BCUT2D eigenvalue weighted by atomic mass is 10.1. The maximum atomic E-state index is 13.4. The molecule has 7 nitrogen and oxygen atoms in total. The Bertz CT molecular complexity index is 1220. The summed E-state index contributed by atoms with van der Waals surface area (Å²) in [5.41, 5.74) is 4.23. The monoisotopic (exact) mass is 408 g/mol. The molecule has 0 bridgehead atoms. The summed E-state index contributed by atoms with van der Waals surface area (Å²) in [6.45, 7) is 5.57. The summed E-state index contributed by atoms with van der Waals surface area (Å²) < 4.78 is 19.3. The lowest BCUT2D eigenvalue weighted by Gasteiger charge is -2.06. The molecule has 29 heavy (non-hydrogen) atoms. The normalized spacial score (nSPS) is 10.9. The van der Waals surface area contributed by atoms with Crippen LogP contribution in [0.5, 0.6) is 0 Å². The zero-order chi connectivity index (χ0) is 20.5. The van der Waals surface area contributed by atoms with Crippen LogP contribution >= 0.6 is 11.5 Å². The third kappa shape index (κ3) is 3.77. The zero-order valence-electron chi connectivity index (χ0n) is 16.0. The Kier molecular flexibility index (Phi) is 4.89. The van der Waals surface area contributed by atoms with Crippen molar-refractivity contribution >= 4 is 22.6 Å². The average molecular weight is 408 g/mol. The van der Waals surface area contributed by atoms with Gasteiger partial charge in [-0.05, 0) is 56.7 Å². The maximum absolute atomic E-state index is 13.4. The van der Waals surface area contributed by atoms with Gasteiger partial charge in [-0.25, -0.2) is 9.07 Å². The number of carbonyl (C=O) groups excluding carboxylic acids is 1. The molecule has 0 aliphatic carbocycles. The number of benzene rings is 2. The molecule has 2 heterocycles. The van der Waals surface area contributed by atoms with Gasteiger partial charge < -0.3 is 0 Å². The minimum atomic E-state index is -0.306. The molecule has 4 aromatic rings. The van der Waals surface area contributed by atoms with Gasteiger partial charge in [0.2, 0.25) is 5.13 Å². The van der Waals surface area contributed by atoms with E-state index in [1.165, 1.54) is 12.1 Å². The van der Waals surface area contributed by atoms with E-state index in [-0.39, 0.29) is 11.7 Å². The second kappa shape index (κ2) is 7.51. The van der Waals surface area contributed by atoms with Crippen LogP contribution in [0.3, 0.4) is 0 Å². The summed E-state index contributed by atoms with van der Waals surface area (Å²) in [6, 6.07) is 11.8. The largest absolute Gasteiger partial charge is 0.297 e. The van der Waals surface area contributed by atoms with Crippen molar-refractivity contribution in [2.75, 3.05) is 5.32 Å². The molecule has 2 aromatic carbocycles. The molecule has 0 saturated carbocycles. The Morgan fingerprint density at radius 2 is 1.97 bits per heavy atom. The predicted octanol–water partition coefficient (Wildman–Crippen LogP) is 4.10. The highest BCUT2D eigenvalue weighted by Crippen LogP contribution is 2.25. The molecule has 0 unspecified atom stereocenters. The number of carbonyl (C=O) groups is 1. The van der Waals surface area contributed by atoms with Crippen LogP contribution in [0, 0.1) is 26.6 Å². The number of anilines is 1. The van der Waals surface area contributed by atoms with Gasteiger partial charge in [-0.1, -0.05) is 22.9 Å². The summed E-state index contributed by atoms with van der Waals surface area (Å²) in [5, 5.41) is 11.5. The van der Waals surface area contributed by atoms with Crippen molar-refractivity contribution in [3.8, 4) is 17.2 Å². The van der Waals surface area contributed by atoms with Gasteiger partial charge in [0, 0.05) is 17.1 Å². The van der Waals surface area contributed by atoms with Crippen molar-refractivity contribution in [3.63, 3.8) is 0 Å². The number of nitrogens with zero attached hydrogens (tertiary/aromatic N) is 5. The fraction of sp³-hybridized carbons (Fsp3) is 0.150. The van der Waals surface area contributed by atoms with Gasteiger partial charge in [-0.2, -0.15) is 9.36 Å². The van der Waals surface area contributed by atoms with Gasteiger partial charge in [-0.3, -0.25) is 10.1 Å². The lowest BCUT2D eigenvalue weighted by molar-refractivity contribution is 0.102. The molecule has 4 rings (SSSR count). The van der Waals surface area contributed by atoms with Crippen molar-refractivity contribution in [2.45, 2.75) is 20.8 Å². The standard InChI is InChI=1S/C20H17FN6OS/c1-11-5-4-6-14(9-11)19(28)23-20-22-18(25-29-20)17-13(3)27(26-24-17)16-8-7-15(21)10-12(16)2/h4-10H,1-3H3,(H,22,23,25,28). The van der Waals surface area contributed by atoms with Crippen molar-refractivity contribution in [1.82, 2.24) is 24.4 Å². The van der Waals surface area contributed by atoms with Crippen molar-refractivity contribution < 1.29 is 9.18 Å². The second-order valence-corrected chi connectivity index (χ2v) is 7.36. The van der Waals surface area contributed by atoms with Crippen LogP contribution in [0.25, 0.3) is 17.2 Å². The van der Waals surface area contributed by atoms with Crippen LogP contribution < -0.4 is 5.32 Å². The number of aromatic nitrogens is 5. The molecule has 0 fully saturated rings. The number of aryl methyl sites for hydroxylation is 2. The molecule has 0 aliphatic heterocycles. The first kappa shape index (κ1) is 18.9. The number of nitrogens with one attached hydrogen (secondary N) is 1. The summed E-state index contributed by atoms with van der Waals surface area (Å²) in [6.07, 6.45) is 0. The first-order valence-corrected chi connectivity index (χ1v) is 9.60. The van der Waals surface area contributed by atoms with Gasteiger partial charge in [0.25, 0.3) is 5.91 Å². The van der Waals surface area contributed by atoms with E-state index >= 15 is 0 Å².